The van der Waals surface area contributed by atoms with Gasteiger partial charge in [-0.2, -0.15) is 4.99 Å². The standard InChI is InChI=1S/C18H26N4/c1-2-7-13-19-17(12-6-1)21-18(22-14-8-9-15-22)20-16-10-4-3-5-11-16/h3-5,10-11H,1-2,6-9,12-15H2,(H,19,20,21). The molecule has 2 aliphatic heterocycles. The third-order valence-corrected chi connectivity index (χ3v) is 4.27. The van der Waals surface area contributed by atoms with Crippen LogP contribution in [-0.2, 0) is 0 Å². The topological polar surface area (TPSA) is 40.0 Å². The van der Waals surface area contributed by atoms with Gasteiger partial charge in [0.05, 0.1) is 0 Å². The molecule has 0 amide bonds. The van der Waals surface area contributed by atoms with E-state index in [2.05, 4.69) is 34.5 Å². The van der Waals surface area contributed by atoms with Crippen molar-refractivity contribution >= 4 is 17.5 Å². The van der Waals surface area contributed by atoms with Crippen LogP contribution in [-0.4, -0.2) is 36.3 Å². The molecule has 0 unspecified atom stereocenters. The number of anilines is 1. The van der Waals surface area contributed by atoms with Gasteiger partial charge in [0.25, 0.3) is 0 Å². The van der Waals surface area contributed by atoms with Gasteiger partial charge in [-0.25, -0.2) is 0 Å². The van der Waals surface area contributed by atoms with E-state index in [0.717, 1.165) is 43.5 Å². The Hall–Kier alpha value is -1.84. The van der Waals surface area contributed by atoms with Crippen molar-refractivity contribution in [3.63, 3.8) is 0 Å². The lowest BCUT2D eigenvalue weighted by atomic mass is 10.1. The van der Waals surface area contributed by atoms with Crippen molar-refractivity contribution in [2.75, 3.05) is 25.0 Å². The van der Waals surface area contributed by atoms with Crippen LogP contribution in [0.5, 0.6) is 0 Å². The number of guanidine groups is 1. The number of nitrogens with zero attached hydrogens (tertiary/aromatic N) is 3. The first kappa shape index (κ1) is 15.1. The molecule has 1 aromatic rings. The van der Waals surface area contributed by atoms with Crippen molar-refractivity contribution in [2.45, 2.75) is 44.9 Å². The fraction of sp³-hybridized carbons (Fsp3) is 0.556. The number of benzene rings is 1. The maximum Gasteiger partial charge on any atom is 0.204 e. The lowest BCUT2D eigenvalue weighted by molar-refractivity contribution is 0.518. The summed E-state index contributed by atoms with van der Waals surface area (Å²) in [5.74, 6) is 1.99. The quantitative estimate of drug-likeness (QED) is 0.630. The van der Waals surface area contributed by atoms with Crippen LogP contribution >= 0.6 is 0 Å². The average Bonchev–Trinajstić information content (AvgIpc) is 3.04. The Morgan fingerprint density at radius 2 is 1.73 bits per heavy atom. The van der Waals surface area contributed by atoms with Crippen molar-refractivity contribution in [2.24, 2.45) is 9.98 Å². The third-order valence-electron chi connectivity index (χ3n) is 4.27. The maximum atomic E-state index is 4.90. The van der Waals surface area contributed by atoms with Gasteiger partial charge in [0.1, 0.15) is 5.84 Å². The molecule has 0 aliphatic carbocycles. The monoisotopic (exact) mass is 298 g/mol. The van der Waals surface area contributed by atoms with E-state index in [1.807, 2.05) is 6.07 Å². The summed E-state index contributed by atoms with van der Waals surface area (Å²) in [5, 5.41) is 3.50. The van der Waals surface area contributed by atoms with Gasteiger partial charge in [0.2, 0.25) is 5.96 Å². The van der Waals surface area contributed by atoms with Crippen molar-refractivity contribution in [3.05, 3.63) is 30.3 Å². The van der Waals surface area contributed by atoms with Gasteiger partial charge in [0.15, 0.2) is 0 Å². The summed E-state index contributed by atoms with van der Waals surface area (Å²) in [5.41, 5.74) is 1.10. The Bertz CT molecular complexity index is 515. The van der Waals surface area contributed by atoms with Crippen molar-refractivity contribution in [1.29, 1.82) is 0 Å². The fourth-order valence-corrected chi connectivity index (χ4v) is 3.01. The smallest absolute Gasteiger partial charge is 0.204 e. The molecular formula is C18H26N4. The van der Waals surface area contributed by atoms with E-state index >= 15 is 0 Å². The summed E-state index contributed by atoms with van der Waals surface area (Å²) in [7, 11) is 0. The highest BCUT2D eigenvalue weighted by Gasteiger charge is 2.17. The van der Waals surface area contributed by atoms with Gasteiger partial charge >= 0.3 is 0 Å². The molecule has 0 atom stereocenters. The van der Waals surface area contributed by atoms with Crippen LogP contribution in [0.1, 0.15) is 44.9 Å². The number of nitrogens with one attached hydrogen (secondary N) is 1. The molecule has 4 nitrogen and oxygen atoms in total. The van der Waals surface area contributed by atoms with E-state index in [0.29, 0.717) is 0 Å². The van der Waals surface area contributed by atoms with E-state index < -0.39 is 0 Å². The number of likely N-dealkylation sites (tertiary alicyclic amines) is 1. The van der Waals surface area contributed by atoms with Crippen molar-refractivity contribution < 1.29 is 0 Å². The van der Waals surface area contributed by atoms with E-state index in [1.165, 1.54) is 38.5 Å². The zero-order chi connectivity index (χ0) is 15.0. The Morgan fingerprint density at radius 3 is 2.55 bits per heavy atom. The normalized spacial score (nSPS) is 20.3. The number of hydrogen-bond donors (Lipinski definition) is 1. The molecule has 2 aliphatic rings. The summed E-state index contributed by atoms with van der Waals surface area (Å²) in [6.45, 7) is 3.11. The van der Waals surface area contributed by atoms with E-state index in [1.54, 1.807) is 0 Å². The first-order valence-electron chi connectivity index (χ1n) is 8.61. The van der Waals surface area contributed by atoms with Crippen LogP contribution in [0.2, 0.25) is 0 Å². The summed E-state index contributed by atoms with van der Waals surface area (Å²) >= 11 is 0. The second-order valence-corrected chi connectivity index (χ2v) is 6.08. The van der Waals surface area contributed by atoms with Crippen molar-refractivity contribution in [1.82, 2.24) is 4.90 Å². The summed E-state index contributed by atoms with van der Waals surface area (Å²) in [4.78, 5) is 11.9. The first-order chi connectivity index (χ1) is 10.9. The Balaban J connectivity index is 1.78. The minimum absolute atomic E-state index is 0.928. The minimum atomic E-state index is 0.928. The summed E-state index contributed by atoms with van der Waals surface area (Å²) in [6, 6.07) is 10.3. The predicted molar refractivity (Wildman–Crippen MR) is 93.7 cm³/mol. The van der Waals surface area contributed by atoms with Crippen LogP contribution in [0.3, 0.4) is 0 Å². The Kier molecular flexibility index (Phi) is 5.46. The van der Waals surface area contributed by atoms with Crippen LogP contribution < -0.4 is 5.32 Å². The zero-order valence-corrected chi connectivity index (χ0v) is 13.3. The number of para-hydroxylation sites is 1. The summed E-state index contributed by atoms with van der Waals surface area (Å²) in [6.07, 6.45) is 8.53. The molecule has 1 N–H and O–H groups in total. The highest BCUT2D eigenvalue weighted by molar-refractivity contribution is 6.02. The molecular weight excluding hydrogens is 272 g/mol. The molecule has 0 radical (unpaired) electrons. The molecule has 1 saturated heterocycles. The van der Waals surface area contributed by atoms with Crippen LogP contribution in [0.4, 0.5) is 5.69 Å². The highest BCUT2D eigenvalue weighted by Crippen LogP contribution is 2.14. The average molecular weight is 298 g/mol. The number of aliphatic imine (C=N–C) groups is 2. The van der Waals surface area contributed by atoms with Gasteiger partial charge < -0.3 is 10.2 Å². The first-order valence-corrected chi connectivity index (χ1v) is 8.61. The molecule has 1 fully saturated rings. The van der Waals surface area contributed by atoms with E-state index in [-0.39, 0.29) is 0 Å². The maximum absolute atomic E-state index is 4.90. The molecule has 0 bridgehead atoms. The zero-order valence-electron chi connectivity index (χ0n) is 13.3. The molecule has 0 aromatic heterocycles. The SMILES string of the molecule is c1ccc(NC(=NC2=NCCCCCC2)N2CCCC2)cc1. The predicted octanol–water partition coefficient (Wildman–Crippen LogP) is 3.91. The van der Waals surface area contributed by atoms with Crippen LogP contribution in [0, 0.1) is 0 Å². The van der Waals surface area contributed by atoms with Gasteiger partial charge in [0, 0.05) is 31.7 Å². The van der Waals surface area contributed by atoms with Gasteiger partial charge in [-0.1, -0.05) is 31.0 Å². The highest BCUT2D eigenvalue weighted by atomic mass is 15.3. The fourth-order valence-electron chi connectivity index (χ4n) is 3.01. The number of rotatable bonds is 1. The number of hydrogen-bond acceptors (Lipinski definition) is 2. The molecule has 3 rings (SSSR count). The third kappa shape index (κ3) is 4.33. The Labute approximate surface area is 133 Å². The number of amidine groups is 1. The second kappa shape index (κ2) is 7.97. The molecule has 22 heavy (non-hydrogen) atoms. The van der Waals surface area contributed by atoms with E-state index in [9.17, 15) is 0 Å². The lowest BCUT2D eigenvalue weighted by Gasteiger charge is -2.22. The molecule has 4 heteroatoms. The van der Waals surface area contributed by atoms with Gasteiger partial charge in [-0.15, -0.1) is 0 Å². The van der Waals surface area contributed by atoms with Gasteiger partial charge in [-0.3, -0.25) is 4.99 Å². The van der Waals surface area contributed by atoms with Crippen LogP contribution in [0.15, 0.2) is 40.3 Å². The Morgan fingerprint density at radius 1 is 0.955 bits per heavy atom. The summed E-state index contributed by atoms with van der Waals surface area (Å²) < 4.78 is 0. The second-order valence-electron chi connectivity index (χ2n) is 6.08. The van der Waals surface area contributed by atoms with E-state index in [4.69, 9.17) is 9.98 Å². The molecule has 2 heterocycles. The minimum Gasteiger partial charge on any atom is -0.342 e. The molecule has 1 aromatic carbocycles. The van der Waals surface area contributed by atoms with Crippen molar-refractivity contribution in [3.8, 4) is 0 Å². The molecule has 118 valence electrons. The lowest BCUT2D eigenvalue weighted by Crippen LogP contribution is -2.34. The molecule has 0 spiro atoms. The van der Waals surface area contributed by atoms with Gasteiger partial charge in [-0.05, 0) is 37.8 Å². The van der Waals surface area contributed by atoms with Crippen LogP contribution in [0.25, 0.3) is 0 Å². The molecule has 0 saturated carbocycles. The largest absolute Gasteiger partial charge is 0.342 e.